The Balaban J connectivity index is 1.96. The van der Waals surface area contributed by atoms with Crippen LogP contribution >= 0.6 is 0 Å². The molecule has 33 heavy (non-hydrogen) atoms. The van der Waals surface area contributed by atoms with E-state index in [2.05, 4.69) is 13.8 Å². The predicted molar refractivity (Wildman–Crippen MR) is 134 cm³/mol. The lowest BCUT2D eigenvalue weighted by Gasteiger charge is -2.19. The summed E-state index contributed by atoms with van der Waals surface area (Å²) in [5.74, 6) is 0.852. The fourth-order valence-electron chi connectivity index (χ4n) is 3.98. The van der Waals surface area contributed by atoms with Gasteiger partial charge in [0.1, 0.15) is 12.4 Å². The molecule has 0 atom stereocenters. The van der Waals surface area contributed by atoms with Gasteiger partial charge in [-0.1, -0.05) is 82.7 Å². The van der Waals surface area contributed by atoms with Gasteiger partial charge in [0.05, 0.1) is 12.1 Å². The van der Waals surface area contributed by atoms with Crippen molar-refractivity contribution in [1.29, 1.82) is 0 Å². The highest BCUT2D eigenvalue weighted by molar-refractivity contribution is 5.89. The van der Waals surface area contributed by atoms with Gasteiger partial charge in [-0.2, -0.15) is 0 Å². The van der Waals surface area contributed by atoms with Crippen LogP contribution in [0.5, 0.6) is 17.2 Å². The fourth-order valence-corrected chi connectivity index (χ4v) is 3.98. The molecule has 0 unspecified atom stereocenters. The SMILES string of the molecule is CCCCCCCCn1c(=O)c(OCCCC)c(OCc2ccccc2)c2ccc(O)cc21. The van der Waals surface area contributed by atoms with Gasteiger partial charge < -0.3 is 19.1 Å². The molecule has 0 spiro atoms. The maximum Gasteiger partial charge on any atom is 0.297 e. The van der Waals surface area contributed by atoms with E-state index < -0.39 is 0 Å². The first-order valence-electron chi connectivity index (χ1n) is 12.3. The Hall–Kier alpha value is -2.95. The average Bonchev–Trinajstić information content (AvgIpc) is 2.83. The van der Waals surface area contributed by atoms with Gasteiger partial charge in [-0.25, -0.2) is 0 Å². The number of benzene rings is 2. The number of phenols is 1. The smallest absolute Gasteiger partial charge is 0.297 e. The summed E-state index contributed by atoms with van der Waals surface area (Å²) in [7, 11) is 0. The number of nitrogens with zero attached hydrogens (tertiary/aromatic N) is 1. The van der Waals surface area contributed by atoms with Crippen LogP contribution in [0.2, 0.25) is 0 Å². The lowest BCUT2D eigenvalue weighted by molar-refractivity contribution is 0.257. The van der Waals surface area contributed by atoms with E-state index in [1.54, 1.807) is 16.7 Å². The molecular weight excluding hydrogens is 414 g/mol. The second-order valence-electron chi connectivity index (χ2n) is 8.56. The minimum absolute atomic E-state index is 0.132. The highest BCUT2D eigenvalue weighted by Crippen LogP contribution is 2.35. The number of fused-ring (bicyclic) bond motifs is 1. The first kappa shape index (κ1) is 24.7. The van der Waals surface area contributed by atoms with E-state index in [0.29, 0.717) is 31.0 Å². The van der Waals surface area contributed by atoms with Crippen molar-refractivity contribution in [3.63, 3.8) is 0 Å². The molecule has 2 aromatic carbocycles. The molecule has 5 nitrogen and oxygen atoms in total. The zero-order chi connectivity index (χ0) is 23.5. The van der Waals surface area contributed by atoms with Crippen LogP contribution < -0.4 is 15.0 Å². The van der Waals surface area contributed by atoms with Crippen LogP contribution in [0.25, 0.3) is 10.9 Å². The van der Waals surface area contributed by atoms with Crippen molar-refractivity contribution in [3.05, 3.63) is 64.4 Å². The molecule has 1 heterocycles. The molecule has 1 N–H and O–H groups in total. The first-order valence-corrected chi connectivity index (χ1v) is 12.3. The van der Waals surface area contributed by atoms with E-state index in [9.17, 15) is 9.90 Å². The number of aromatic hydroxyl groups is 1. The normalized spacial score (nSPS) is 11.1. The summed E-state index contributed by atoms with van der Waals surface area (Å²) in [4.78, 5) is 13.6. The second-order valence-corrected chi connectivity index (χ2v) is 8.56. The largest absolute Gasteiger partial charge is 0.508 e. The van der Waals surface area contributed by atoms with Crippen LogP contribution in [0.3, 0.4) is 0 Å². The number of pyridine rings is 1. The lowest BCUT2D eigenvalue weighted by atomic mass is 10.1. The quantitative estimate of drug-likeness (QED) is 0.273. The van der Waals surface area contributed by atoms with Crippen molar-refractivity contribution in [3.8, 4) is 17.2 Å². The topological polar surface area (TPSA) is 60.7 Å². The predicted octanol–water partition coefficient (Wildman–Crippen LogP) is 6.83. The number of hydrogen-bond donors (Lipinski definition) is 1. The minimum Gasteiger partial charge on any atom is -0.508 e. The molecule has 0 saturated heterocycles. The fraction of sp³-hybridized carbons (Fsp3) is 0.464. The Labute approximate surface area is 197 Å². The monoisotopic (exact) mass is 451 g/mol. The molecule has 0 aliphatic carbocycles. The number of aromatic nitrogens is 1. The molecule has 0 saturated carbocycles. The van der Waals surface area contributed by atoms with Gasteiger partial charge in [0, 0.05) is 18.0 Å². The molecule has 3 aromatic rings. The van der Waals surface area contributed by atoms with Crippen molar-refractivity contribution in [2.45, 2.75) is 78.4 Å². The third-order valence-electron chi connectivity index (χ3n) is 5.87. The summed E-state index contributed by atoms with van der Waals surface area (Å²) in [5, 5.41) is 10.9. The van der Waals surface area contributed by atoms with E-state index in [1.165, 1.54) is 25.7 Å². The third-order valence-corrected chi connectivity index (χ3v) is 5.87. The van der Waals surface area contributed by atoms with E-state index in [0.717, 1.165) is 36.6 Å². The Morgan fingerprint density at radius 2 is 1.55 bits per heavy atom. The molecular formula is C28H37NO4. The average molecular weight is 452 g/mol. The van der Waals surface area contributed by atoms with E-state index in [1.807, 2.05) is 36.4 Å². The van der Waals surface area contributed by atoms with Crippen LogP contribution in [-0.4, -0.2) is 16.3 Å². The number of ether oxygens (including phenoxy) is 2. The Morgan fingerprint density at radius 1 is 0.818 bits per heavy atom. The van der Waals surface area contributed by atoms with Gasteiger partial charge in [0.15, 0.2) is 5.75 Å². The third kappa shape index (κ3) is 6.77. The number of unbranched alkanes of at least 4 members (excludes halogenated alkanes) is 6. The number of rotatable bonds is 14. The summed E-state index contributed by atoms with van der Waals surface area (Å²) >= 11 is 0. The highest BCUT2D eigenvalue weighted by atomic mass is 16.5. The lowest BCUT2D eigenvalue weighted by Crippen LogP contribution is -2.24. The van der Waals surface area contributed by atoms with E-state index in [4.69, 9.17) is 9.47 Å². The highest BCUT2D eigenvalue weighted by Gasteiger charge is 2.20. The standard InChI is InChI=1S/C28H37NO4/c1-3-5-7-8-9-13-18-29-25-20-23(30)16-17-24(25)26(27(28(29)31)32-19-6-4-2)33-21-22-14-11-10-12-15-22/h10-12,14-17,20,30H,3-9,13,18-19,21H2,1-2H3. The number of phenolic OH excluding ortho intramolecular Hbond substituents is 1. The first-order chi connectivity index (χ1) is 16.2. The maximum atomic E-state index is 13.6. The van der Waals surface area contributed by atoms with Crippen LogP contribution in [0, 0.1) is 0 Å². The van der Waals surface area contributed by atoms with Gasteiger partial charge >= 0.3 is 0 Å². The van der Waals surface area contributed by atoms with Crippen LogP contribution in [0.15, 0.2) is 53.3 Å². The molecule has 0 radical (unpaired) electrons. The van der Waals surface area contributed by atoms with E-state index >= 15 is 0 Å². The van der Waals surface area contributed by atoms with Crippen molar-refractivity contribution in [2.24, 2.45) is 0 Å². The summed E-state index contributed by atoms with van der Waals surface area (Å²) in [6, 6.07) is 15.0. The van der Waals surface area contributed by atoms with Crippen molar-refractivity contribution in [1.82, 2.24) is 4.57 Å². The summed E-state index contributed by atoms with van der Waals surface area (Å²) in [5.41, 5.74) is 1.50. The van der Waals surface area contributed by atoms with Gasteiger partial charge in [0.25, 0.3) is 5.56 Å². The number of aryl methyl sites for hydroxylation is 1. The summed E-state index contributed by atoms with van der Waals surface area (Å²) in [6.45, 7) is 5.69. The van der Waals surface area contributed by atoms with Gasteiger partial charge in [0.2, 0.25) is 5.75 Å². The molecule has 0 aliphatic rings. The van der Waals surface area contributed by atoms with Crippen molar-refractivity contribution in [2.75, 3.05) is 6.61 Å². The maximum absolute atomic E-state index is 13.6. The Morgan fingerprint density at radius 3 is 2.30 bits per heavy atom. The zero-order valence-corrected chi connectivity index (χ0v) is 20.0. The molecule has 5 heteroatoms. The van der Waals surface area contributed by atoms with Crippen LogP contribution in [0.1, 0.15) is 70.8 Å². The molecule has 0 amide bonds. The Kier molecular flexibility index (Phi) is 9.67. The molecule has 0 bridgehead atoms. The second kappa shape index (κ2) is 12.9. The summed E-state index contributed by atoms with van der Waals surface area (Å²) in [6.07, 6.45) is 8.69. The van der Waals surface area contributed by atoms with Gasteiger partial charge in [-0.3, -0.25) is 4.79 Å². The molecule has 178 valence electrons. The number of hydrogen-bond acceptors (Lipinski definition) is 4. The minimum atomic E-state index is -0.194. The van der Waals surface area contributed by atoms with Crippen LogP contribution in [-0.2, 0) is 13.2 Å². The molecule has 0 fully saturated rings. The zero-order valence-electron chi connectivity index (χ0n) is 20.0. The van der Waals surface area contributed by atoms with E-state index in [-0.39, 0.29) is 17.1 Å². The molecule has 0 aliphatic heterocycles. The molecule has 3 rings (SSSR count). The van der Waals surface area contributed by atoms with Gasteiger partial charge in [-0.05, 0) is 30.5 Å². The Bertz CT molecular complexity index is 1060. The summed E-state index contributed by atoms with van der Waals surface area (Å²) < 4.78 is 13.9. The van der Waals surface area contributed by atoms with Gasteiger partial charge in [-0.15, -0.1) is 0 Å². The van der Waals surface area contributed by atoms with Crippen molar-refractivity contribution < 1.29 is 14.6 Å². The van der Waals surface area contributed by atoms with Crippen molar-refractivity contribution >= 4 is 10.9 Å². The van der Waals surface area contributed by atoms with Crippen LogP contribution in [0.4, 0.5) is 0 Å². The molecule has 1 aromatic heterocycles.